The summed E-state index contributed by atoms with van der Waals surface area (Å²) in [6.45, 7) is 1.41. The SMILES string of the molecule is CNCCCCCCON1C(=O)c2ccccc2C1=O. The number of imide groups is 1. The van der Waals surface area contributed by atoms with Crippen molar-refractivity contribution >= 4 is 11.8 Å². The summed E-state index contributed by atoms with van der Waals surface area (Å²) in [4.78, 5) is 29.3. The molecule has 0 unspecified atom stereocenters. The first-order chi connectivity index (χ1) is 9.75. The monoisotopic (exact) mass is 276 g/mol. The van der Waals surface area contributed by atoms with Crippen molar-refractivity contribution in [1.82, 2.24) is 10.4 Å². The third kappa shape index (κ3) is 3.23. The molecule has 0 radical (unpaired) electrons. The van der Waals surface area contributed by atoms with E-state index in [-0.39, 0.29) is 11.8 Å². The summed E-state index contributed by atoms with van der Waals surface area (Å²) in [5, 5.41) is 3.98. The molecule has 1 aliphatic heterocycles. The number of fused-ring (bicyclic) bond motifs is 1. The van der Waals surface area contributed by atoms with Crippen molar-refractivity contribution in [2.24, 2.45) is 0 Å². The van der Waals surface area contributed by atoms with E-state index in [1.165, 1.54) is 0 Å². The minimum atomic E-state index is -0.360. The number of amides is 2. The highest BCUT2D eigenvalue weighted by Crippen LogP contribution is 2.22. The molecule has 0 fully saturated rings. The largest absolute Gasteiger partial charge is 0.320 e. The second-order valence-electron chi connectivity index (χ2n) is 4.80. The summed E-state index contributed by atoms with van der Waals surface area (Å²) in [6.07, 6.45) is 4.12. The fraction of sp³-hybridized carbons (Fsp3) is 0.467. The van der Waals surface area contributed by atoms with Crippen molar-refractivity contribution in [2.75, 3.05) is 20.2 Å². The predicted molar refractivity (Wildman–Crippen MR) is 75.3 cm³/mol. The Morgan fingerprint density at radius 2 is 1.60 bits per heavy atom. The molecule has 20 heavy (non-hydrogen) atoms. The first kappa shape index (κ1) is 14.7. The Morgan fingerprint density at radius 3 is 2.20 bits per heavy atom. The quantitative estimate of drug-likeness (QED) is 0.583. The fourth-order valence-corrected chi connectivity index (χ4v) is 2.20. The second-order valence-corrected chi connectivity index (χ2v) is 4.80. The van der Waals surface area contributed by atoms with Gasteiger partial charge < -0.3 is 5.32 Å². The van der Waals surface area contributed by atoms with Gasteiger partial charge in [0.2, 0.25) is 0 Å². The Balaban J connectivity index is 1.75. The molecule has 1 N–H and O–H groups in total. The minimum Gasteiger partial charge on any atom is -0.320 e. The van der Waals surface area contributed by atoms with Crippen LogP contribution in [0.25, 0.3) is 0 Å². The lowest BCUT2D eigenvalue weighted by molar-refractivity contribution is -0.0922. The molecule has 0 aromatic heterocycles. The molecule has 2 rings (SSSR count). The maximum atomic E-state index is 12.0. The van der Waals surface area contributed by atoms with Gasteiger partial charge in [-0.05, 0) is 38.6 Å². The number of rotatable bonds is 8. The minimum absolute atomic E-state index is 0.360. The van der Waals surface area contributed by atoms with Crippen LogP contribution < -0.4 is 5.32 Å². The molecule has 0 spiro atoms. The first-order valence-electron chi connectivity index (χ1n) is 7.01. The third-order valence-electron chi connectivity index (χ3n) is 3.30. The highest BCUT2D eigenvalue weighted by Gasteiger charge is 2.36. The average Bonchev–Trinajstić information content (AvgIpc) is 2.71. The molecule has 0 saturated carbocycles. The Labute approximate surface area is 118 Å². The number of unbranched alkanes of at least 4 members (excludes halogenated alkanes) is 3. The van der Waals surface area contributed by atoms with Crippen LogP contribution in [0.2, 0.25) is 0 Å². The van der Waals surface area contributed by atoms with Crippen molar-refractivity contribution in [1.29, 1.82) is 0 Å². The van der Waals surface area contributed by atoms with Gasteiger partial charge in [0.25, 0.3) is 11.8 Å². The van der Waals surface area contributed by atoms with Crippen LogP contribution in [0.15, 0.2) is 24.3 Å². The topological polar surface area (TPSA) is 58.6 Å². The Kier molecular flexibility index (Phi) is 5.26. The van der Waals surface area contributed by atoms with Crippen molar-refractivity contribution in [3.63, 3.8) is 0 Å². The van der Waals surface area contributed by atoms with Crippen LogP contribution in [0.5, 0.6) is 0 Å². The summed E-state index contributed by atoms with van der Waals surface area (Å²) in [5.74, 6) is -0.721. The van der Waals surface area contributed by atoms with Crippen LogP contribution in [0.4, 0.5) is 0 Å². The van der Waals surface area contributed by atoms with E-state index in [0.29, 0.717) is 17.7 Å². The number of hydrogen-bond acceptors (Lipinski definition) is 4. The molecule has 1 aromatic rings. The molecule has 0 atom stereocenters. The van der Waals surface area contributed by atoms with E-state index in [2.05, 4.69) is 5.32 Å². The third-order valence-corrected chi connectivity index (χ3v) is 3.30. The smallest absolute Gasteiger partial charge is 0.285 e. The molecule has 1 heterocycles. The van der Waals surface area contributed by atoms with Gasteiger partial charge >= 0.3 is 0 Å². The molecule has 108 valence electrons. The zero-order valence-corrected chi connectivity index (χ0v) is 11.7. The summed E-state index contributed by atoms with van der Waals surface area (Å²) in [7, 11) is 1.94. The number of carbonyl (C=O) groups excluding carboxylic acids is 2. The molecular formula is C15H20N2O3. The van der Waals surface area contributed by atoms with Crippen LogP contribution in [-0.4, -0.2) is 37.1 Å². The molecule has 0 saturated heterocycles. The zero-order valence-electron chi connectivity index (χ0n) is 11.7. The van der Waals surface area contributed by atoms with Crippen molar-refractivity contribution in [3.05, 3.63) is 35.4 Å². The molecule has 0 bridgehead atoms. The molecule has 1 aromatic carbocycles. The molecule has 5 heteroatoms. The Morgan fingerprint density at radius 1 is 1.00 bits per heavy atom. The number of nitrogens with zero attached hydrogens (tertiary/aromatic N) is 1. The van der Waals surface area contributed by atoms with Crippen LogP contribution >= 0.6 is 0 Å². The van der Waals surface area contributed by atoms with E-state index in [9.17, 15) is 9.59 Å². The zero-order chi connectivity index (χ0) is 14.4. The van der Waals surface area contributed by atoms with Crippen molar-refractivity contribution < 1.29 is 14.4 Å². The van der Waals surface area contributed by atoms with Gasteiger partial charge in [0.1, 0.15) is 0 Å². The number of benzene rings is 1. The molecule has 2 amide bonds. The van der Waals surface area contributed by atoms with Crippen molar-refractivity contribution in [2.45, 2.75) is 25.7 Å². The van der Waals surface area contributed by atoms with Gasteiger partial charge in [-0.15, -0.1) is 5.06 Å². The Hall–Kier alpha value is -1.72. The lowest BCUT2D eigenvalue weighted by Gasteiger charge is -2.13. The van der Waals surface area contributed by atoms with E-state index in [0.717, 1.165) is 37.3 Å². The van der Waals surface area contributed by atoms with E-state index < -0.39 is 0 Å². The lowest BCUT2D eigenvalue weighted by Crippen LogP contribution is -2.30. The summed E-state index contributed by atoms with van der Waals surface area (Å²) in [6, 6.07) is 6.79. The van der Waals surface area contributed by atoms with Crippen molar-refractivity contribution in [3.8, 4) is 0 Å². The number of carbonyl (C=O) groups is 2. The van der Waals surface area contributed by atoms with E-state index in [4.69, 9.17) is 4.84 Å². The molecule has 1 aliphatic rings. The number of hydroxylamine groups is 2. The van der Waals surface area contributed by atoms with Gasteiger partial charge in [0.15, 0.2) is 0 Å². The average molecular weight is 276 g/mol. The summed E-state index contributed by atoms with van der Waals surface area (Å²) < 4.78 is 0. The highest BCUT2D eigenvalue weighted by atomic mass is 16.7. The first-order valence-corrected chi connectivity index (χ1v) is 7.01. The molecule has 5 nitrogen and oxygen atoms in total. The lowest BCUT2D eigenvalue weighted by atomic mass is 10.1. The van der Waals surface area contributed by atoms with Crippen LogP contribution in [-0.2, 0) is 4.84 Å². The van der Waals surface area contributed by atoms with Gasteiger partial charge in [0, 0.05) is 0 Å². The van der Waals surface area contributed by atoms with Crippen LogP contribution in [0.3, 0.4) is 0 Å². The predicted octanol–water partition coefficient (Wildman–Crippen LogP) is 1.99. The van der Waals surface area contributed by atoms with Gasteiger partial charge in [0.05, 0.1) is 17.7 Å². The maximum Gasteiger partial charge on any atom is 0.285 e. The Bertz CT molecular complexity index is 453. The van der Waals surface area contributed by atoms with E-state index in [1.807, 2.05) is 7.05 Å². The maximum absolute atomic E-state index is 12.0. The second kappa shape index (κ2) is 7.17. The van der Waals surface area contributed by atoms with Gasteiger partial charge in [-0.2, -0.15) is 0 Å². The molecule has 0 aliphatic carbocycles. The van der Waals surface area contributed by atoms with E-state index >= 15 is 0 Å². The molecular weight excluding hydrogens is 256 g/mol. The van der Waals surface area contributed by atoms with Gasteiger partial charge in [-0.25, -0.2) is 0 Å². The van der Waals surface area contributed by atoms with Crippen LogP contribution in [0.1, 0.15) is 46.4 Å². The van der Waals surface area contributed by atoms with Gasteiger partial charge in [-0.1, -0.05) is 25.0 Å². The highest BCUT2D eigenvalue weighted by molar-refractivity contribution is 6.20. The van der Waals surface area contributed by atoms with E-state index in [1.54, 1.807) is 24.3 Å². The normalized spacial score (nSPS) is 13.9. The summed E-state index contributed by atoms with van der Waals surface area (Å²) in [5.41, 5.74) is 0.845. The standard InChI is InChI=1S/C15H20N2O3/c1-16-10-6-2-3-7-11-20-17-14(18)12-8-4-5-9-13(12)15(17)19/h4-5,8-9,16H,2-3,6-7,10-11H2,1H3. The fourth-order valence-electron chi connectivity index (χ4n) is 2.20. The van der Waals surface area contributed by atoms with Crippen LogP contribution in [0, 0.1) is 0 Å². The van der Waals surface area contributed by atoms with Gasteiger partial charge in [-0.3, -0.25) is 14.4 Å². The number of hydrogen-bond donors (Lipinski definition) is 1. The summed E-state index contributed by atoms with van der Waals surface area (Å²) >= 11 is 0. The number of nitrogens with one attached hydrogen (secondary N) is 1.